The summed E-state index contributed by atoms with van der Waals surface area (Å²) < 4.78 is 44.5. The monoisotopic (exact) mass is 413 g/mol. The summed E-state index contributed by atoms with van der Waals surface area (Å²) in [5.41, 5.74) is 2.54. The number of aryl methyl sites for hydroxylation is 1. The van der Waals surface area contributed by atoms with Gasteiger partial charge in [-0.15, -0.1) is 0 Å². The van der Waals surface area contributed by atoms with E-state index in [1.807, 2.05) is 24.3 Å². The summed E-state index contributed by atoms with van der Waals surface area (Å²) in [6.45, 7) is 3.87. The van der Waals surface area contributed by atoms with Crippen LogP contribution >= 0.6 is 0 Å². The molecule has 0 aliphatic rings. The van der Waals surface area contributed by atoms with Gasteiger partial charge in [0.1, 0.15) is 11.9 Å². The average molecular weight is 413 g/mol. The second-order valence-corrected chi connectivity index (χ2v) is 7.37. The molecule has 0 aromatic heterocycles. The maximum atomic E-state index is 12.8. The van der Waals surface area contributed by atoms with Crippen LogP contribution in [0, 0.1) is 6.92 Å². The number of rotatable bonds is 7. The fourth-order valence-corrected chi connectivity index (χ4v) is 3.28. The van der Waals surface area contributed by atoms with Crippen LogP contribution in [0.1, 0.15) is 49.0 Å². The molecule has 0 spiro atoms. The second kappa shape index (κ2) is 9.24. The topological polar surface area (TPSA) is 29.1 Å². The number of unbranched alkanes of at least 4 members (excludes halogenated alkanes) is 1. The zero-order chi connectivity index (χ0) is 21.7. The third kappa shape index (κ3) is 5.35. The van der Waals surface area contributed by atoms with E-state index in [9.17, 15) is 18.3 Å². The van der Waals surface area contributed by atoms with Gasteiger partial charge < -0.3 is 4.74 Å². The number of halogens is 3. The molecule has 0 fully saturated rings. The lowest BCUT2D eigenvalue weighted by molar-refractivity contribution is -0.137. The second-order valence-electron chi connectivity index (χ2n) is 7.37. The summed E-state index contributed by atoms with van der Waals surface area (Å²) in [4.78, 5) is 0. The third-order valence-electron chi connectivity index (χ3n) is 5.07. The Bertz CT molecular complexity index is 961. The van der Waals surface area contributed by atoms with E-state index in [1.54, 1.807) is 19.1 Å². The normalized spacial score (nSPS) is 12.6. The van der Waals surface area contributed by atoms with Gasteiger partial charge in [0.05, 0.1) is 5.56 Å². The van der Waals surface area contributed by atoms with Crippen molar-refractivity contribution >= 4 is 0 Å². The maximum Gasteiger partial charge on any atom is 0.416 e. The smallest absolute Gasteiger partial charge is 0.416 e. The Balaban J connectivity index is 1.80. The Morgan fingerprint density at radius 1 is 0.900 bits per heavy atom. The van der Waals surface area contributed by atoms with Gasteiger partial charge in [-0.1, -0.05) is 49.7 Å². The number of hydrogen-bond acceptors (Lipinski definition) is 1. The standard InChI is InChI=1S/C25H24F3O2/c1-3-4-5-24(30-22-14-15-23(29)17(2)16-22)20-8-6-18(7-9-20)19-10-12-21(13-11-19)25(26,27)28/h6-16,24H,3-5H2,1-2H3. The van der Waals surface area contributed by atoms with Crippen molar-refractivity contribution in [2.45, 2.75) is 45.4 Å². The molecule has 30 heavy (non-hydrogen) atoms. The lowest BCUT2D eigenvalue weighted by Crippen LogP contribution is -2.08. The van der Waals surface area contributed by atoms with Crippen molar-refractivity contribution in [3.8, 4) is 22.6 Å². The highest BCUT2D eigenvalue weighted by atomic mass is 19.4. The summed E-state index contributed by atoms with van der Waals surface area (Å²) in [6, 6.07) is 17.8. The minimum absolute atomic E-state index is 0.0200. The predicted molar refractivity (Wildman–Crippen MR) is 111 cm³/mol. The minimum Gasteiger partial charge on any atom is -0.486 e. The zero-order valence-corrected chi connectivity index (χ0v) is 17.0. The molecule has 0 aliphatic heterocycles. The van der Waals surface area contributed by atoms with Crippen molar-refractivity contribution in [2.24, 2.45) is 0 Å². The summed E-state index contributed by atoms with van der Waals surface area (Å²) in [5.74, 6) is 0.633. The van der Waals surface area contributed by atoms with Gasteiger partial charge in [0.15, 0.2) is 5.75 Å². The van der Waals surface area contributed by atoms with Gasteiger partial charge >= 0.3 is 6.18 Å². The number of benzene rings is 3. The molecule has 0 saturated heterocycles. The van der Waals surface area contributed by atoms with Crippen molar-refractivity contribution in [2.75, 3.05) is 0 Å². The van der Waals surface area contributed by atoms with E-state index in [0.29, 0.717) is 11.3 Å². The van der Waals surface area contributed by atoms with Gasteiger partial charge in [-0.05, 0) is 66.8 Å². The Hall–Kier alpha value is -2.95. The highest BCUT2D eigenvalue weighted by Gasteiger charge is 2.30. The van der Waals surface area contributed by atoms with Gasteiger partial charge in [-0.3, -0.25) is 5.11 Å². The predicted octanol–water partition coefficient (Wildman–Crippen LogP) is 8.13. The quantitative estimate of drug-likeness (QED) is 0.384. The van der Waals surface area contributed by atoms with E-state index < -0.39 is 11.7 Å². The highest BCUT2D eigenvalue weighted by Crippen LogP contribution is 2.33. The molecule has 3 rings (SSSR count). The van der Waals surface area contributed by atoms with Crippen molar-refractivity contribution in [1.82, 2.24) is 0 Å². The average Bonchev–Trinajstić information content (AvgIpc) is 2.73. The number of hydrogen-bond donors (Lipinski definition) is 0. The van der Waals surface area contributed by atoms with Crippen LogP contribution in [0.4, 0.5) is 13.2 Å². The van der Waals surface area contributed by atoms with Gasteiger partial charge in [0.25, 0.3) is 0 Å². The van der Waals surface area contributed by atoms with Crippen LogP contribution in [0.15, 0.2) is 66.7 Å². The van der Waals surface area contributed by atoms with Crippen LogP contribution in [0.5, 0.6) is 11.5 Å². The Labute approximate surface area is 175 Å². The van der Waals surface area contributed by atoms with Crippen LogP contribution in [-0.4, -0.2) is 0 Å². The highest BCUT2D eigenvalue weighted by molar-refractivity contribution is 5.64. The molecule has 1 atom stereocenters. The van der Waals surface area contributed by atoms with E-state index >= 15 is 0 Å². The first kappa shape index (κ1) is 21.8. The van der Waals surface area contributed by atoms with E-state index in [1.165, 1.54) is 18.2 Å². The zero-order valence-electron chi connectivity index (χ0n) is 17.0. The molecule has 157 valence electrons. The molecular formula is C25H24F3O2. The molecule has 0 bridgehead atoms. The SMILES string of the molecule is CCCCC(Oc1ccc([O])c(C)c1)c1ccc(-c2ccc(C(F)(F)F)cc2)cc1. The summed E-state index contributed by atoms with van der Waals surface area (Å²) >= 11 is 0. The van der Waals surface area contributed by atoms with Gasteiger partial charge in [0, 0.05) is 5.56 Å². The molecule has 2 nitrogen and oxygen atoms in total. The van der Waals surface area contributed by atoms with Gasteiger partial charge in [-0.25, -0.2) is 0 Å². The maximum absolute atomic E-state index is 12.8. The van der Waals surface area contributed by atoms with Crippen LogP contribution in [0.3, 0.4) is 0 Å². The molecule has 0 aliphatic carbocycles. The fourth-order valence-electron chi connectivity index (χ4n) is 3.28. The first-order valence-corrected chi connectivity index (χ1v) is 10.00. The lowest BCUT2D eigenvalue weighted by atomic mass is 9.98. The molecule has 1 radical (unpaired) electrons. The molecule has 0 saturated carbocycles. The van der Waals surface area contributed by atoms with Gasteiger partial charge in [-0.2, -0.15) is 13.2 Å². The van der Waals surface area contributed by atoms with E-state index in [4.69, 9.17) is 4.74 Å². The van der Waals surface area contributed by atoms with Crippen molar-refractivity contribution in [3.63, 3.8) is 0 Å². The first-order valence-electron chi connectivity index (χ1n) is 10.00. The third-order valence-corrected chi connectivity index (χ3v) is 5.07. The van der Waals surface area contributed by atoms with Crippen LogP contribution in [-0.2, 0) is 11.3 Å². The summed E-state index contributed by atoms with van der Waals surface area (Å²) in [6.07, 6.45) is -1.65. The molecule has 0 heterocycles. The van der Waals surface area contributed by atoms with Crippen LogP contribution in [0.25, 0.3) is 11.1 Å². The number of alkyl halides is 3. The minimum atomic E-state index is -4.34. The van der Waals surface area contributed by atoms with E-state index in [2.05, 4.69) is 6.92 Å². The Morgan fingerprint density at radius 2 is 1.50 bits per heavy atom. The Morgan fingerprint density at radius 3 is 2.03 bits per heavy atom. The van der Waals surface area contributed by atoms with Crippen molar-refractivity contribution in [1.29, 1.82) is 0 Å². The van der Waals surface area contributed by atoms with E-state index in [-0.39, 0.29) is 11.9 Å². The lowest BCUT2D eigenvalue weighted by Gasteiger charge is -2.20. The summed E-state index contributed by atoms with van der Waals surface area (Å²) in [7, 11) is 0. The molecule has 5 heteroatoms. The molecular weight excluding hydrogens is 389 g/mol. The molecule has 1 unspecified atom stereocenters. The van der Waals surface area contributed by atoms with Crippen LogP contribution < -0.4 is 4.74 Å². The van der Waals surface area contributed by atoms with Gasteiger partial charge in [0.2, 0.25) is 0 Å². The Kier molecular flexibility index (Phi) is 6.70. The molecule has 3 aromatic carbocycles. The number of ether oxygens (including phenoxy) is 1. The first-order chi connectivity index (χ1) is 14.3. The molecule has 0 N–H and O–H groups in total. The van der Waals surface area contributed by atoms with E-state index in [0.717, 1.165) is 48.1 Å². The van der Waals surface area contributed by atoms with Crippen molar-refractivity contribution < 1.29 is 23.0 Å². The molecule has 0 amide bonds. The van der Waals surface area contributed by atoms with Crippen LogP contribution in [0.2, 0.25) is 0 Å². The fraction of sp³-hybridized carbons (Fsp3) is 0.280. The van der Waals surface area contributed by atoms with Crippen molar-refractivity contribution in [3.05, 3.63) is 83.4 Å². The largest absolute Gasteiger partial charge is 0.486 e. The molecule has 3 aromatic rings. The summed E-state index contributed by atoms with van der Waals surface area (Å²) in [5, 5.41) is 11.6.